The first-order valence-corrected chi connectivity index (χ1v) is 6.59. The Morgan fingerprint density at radius 1 is 1.53 bits per heavy atom. The zero-order chi connectivity index (χ0) is 11.5. The monoisotopic (exact) mass is 229 g/mol. The van der Waals surface area contributed by atoms with Crippen LogP contribution in [0.2, 0.25) is 0 Å². The summed E-state index contributed by atoms with van der Waals surface area (Å²) in [4.78, 5) is 4.02. The summed E-state index contributed by atoms with van der Waals surface area (Å²) >= 11 is 0. The fourth-order valence-electron chi connectivity index (χ4n) is 1.28. The number of anilines is 2. The molecule has 1 unspecified atom stereocenters. The molecule has 1 rings (SSSR count). The molecule has 0 aromatic carbocycles. The Balaban J connectivity index is 2.63. The predicted octanol–water partition coefficient (Wildman–Crippen LogP) is 0.509. The number of aromatic nitrogens is 1. The van der Waals surface area contributed by atoms with E-state index in [4.69, 9.17) is 5.73 Å². The predicted molar refractivity (Wildman–Crippen MR) is 61.4 cm³/mol. The van der Waals surface area contributed by atoms with E-state index in [0.29, 0.717) is 11.6 Å². The lowest BCUT2D eigenvalue weighted by atomic mass is 10.3. The number of hydrogen-bond donors (Lipinski definition) is 2. The van der Waals surface area contributed by atoms with Gasteiger partial charge in [0.2, 0.25) is 0 Å². The van der Waals surface area contributed by atoms with Crippen molar-refractivity contribution in [2.45, 2.75) is 13.0 Å². The number of pyridine rings is 1. The first-order chi connectivity index (χ1) is 6.87. The Kier molecular flexibility index (Phi) is 3.52. The van der Waals surface area contributed by atoms with E-state index in [2.05, 4.69) is 10.3 Å². The summed E-state index contributed by atoms with van der Waals surface area (Å²) in [5, 5.41) is 2.97. The Morgan fingerprint density at radius 3 is 2.73 bits per heavy atom. The number of nitrogens with two attached hydrogens (primary N) is 1. The molecule has 15 heavy (non-hydrogen) atoms. The molecule has 0 aliphatic heterocycles. The molecule has 1 atom stereocenters. The summed E-state index contributed by atoms with van der Waals surface area (Å²) in [5.41, 5.74) is 5.49. The molecule has 84 valence electrons. The van der Waals surface area contributed by atoms with Crippen LogP contribution in [0.3, 0.4) is 0 Å². The number of rotatable bonds is 4. The number of nitrogens with one attached hydrogen (secondary N) is 1. The standard InChI is InChI=1S/C9H15N3O2S/c1-7(6-15(2,13)14)11-9-5-3-4-8(10)12-9/h3-5,7H,6H2,1-2H3,(H3,10,11,12). The van der Waals surface area contributed by atoms with Crippen LogP contribution >= 0.6 is 0 Å². The van der Waals surface area contributed by atoms with Gasteiger partial charge in [0, 0.05) is 12.3 Å². The molecule has 0 bridgehead atoms. The Hall–Kier alpha value is -1.30. The molecule has 0 fully saturated rings. The third kappa shape index (κ3) is 4.64. The van der Waals surface area contributed by atoms with Gasteiger partial charge in [-0.3, -0.25) is 0 Å². The second kappa shape index (κ2) is 4.48. The van der Waals surface area contributed by atoms with E-state index in [1.165, 1.54) is 6.26 Å². The quantitative estimate of drug-likeness (QED) is 0.785. The summed E-state index contributed by atoms with van der Waals surface area (Å²) in [6.07, 6.45) is 1.21. The van der Waals surface area contributed by atoms with E-state index in [9.17, 15) is 8.42 Å². The third-order valence-corrected chi connectivity index (χ3v) is 2.82. The van der Waals surface area contributed by atoms with Gasteiger partial charge in [-0.1, -0.05) is 6.07 Å². The maximum Gasteiger partial charge on any atom is 0.149 e. The molecule has 1 aromatic heterocycles. The van der Waals surface area contributed by atoms with Crippen LogP contribution in [0.5, 0.6) is 0 Å². The van der Waals surface area contributed by atoms with E-state index in [1.807, 2.05) is 0 Å². The van der Waals surface area contributed by atoms with Crippen molar-refractivity contribution in [1.29, 1.82) is 0 Å². The fraction of sp³-hybridized carbons (Fsp3) is 0.444. The van der Waals surface area contributed by atoms with Crippen molar-refractivity contribution in [3.8, 4) is 0 Å². The summed E-state index contributed by atoms with van der Waals surface area (Å²) in [5.74, 6) is 1.07. The lowest BCUT2D eigenvalue weighted by Gasteiger charge is -2.13. The lowest BCUT2D eigenvalue weighted by molar-refractivity contribution is 0.598. The number of hydrogen-bond acceptors (Lipinski definition) is 5. The van der Waals surface area contributed by atoms with Crippen LogP contribution < -0.4 is 11.1 Å². The lowest BCUT2D eigenvalue weighted by Crippen LogP contribution is -2.25. The molecular formula is C9H15N3O2S. The van der Waals surface area contributed by atoms with Gasteiger partial charge in [-0.2, -0.15) is 0 Å². The van der Waals surface area contributed by atoms with Crippen molar-refractivity contribution in [1.82, 2.24) is 4.98 Å². The number of sulfone groups is 1. The molecule has 1 aromatic rings. The van der Waals surface area contributed by atoms with Crippen LogP contribution in [0.25, 0.3) is 0 Å². The molecule has 0 aliphatic rings. The minimum Gasteiger partial charge on any atom is -0.384 e. The molecule has 0 amide bonds. The van der Waals surface area contributed by atoms with Crippen LogP contribution in [0.15, 0.2) is 18.2 Å². The van der Waals surface area contributed by atoms with Crippen LogP contribution in [0.1, 0.15) is 6.92 Å². The van der Waals surface area contributed by atoms with E-state index in [1.54, 1.807) is 25.1 Å². The number of nitrogen functional groups attached to an aromatic ring is 1. The average Bonchev–Trinajstić information content (AvgIpc) is 1.99. The zero-order valence-corrected chi connectivity index (χ0v) is 9.58. The Labute approximate surface area is 89.6 Å². The summed E-state index contributed by atoms with van der Waals surface area (Å²) in [6, 6.07) is 4.99. The topological polar surface area (TPSA) is 85.1 Å². The second-order valence-electron chi connectivity index (χ2n) is 3.59. The Morgan fingerprint density at radius 2 is 2.20 bits per heavy atom. The molecule has 6 heteroatoms. The highest BCUT2D eigenvalue weighted by atomic mass is 32.2. The number of nitrogens with zero attached hydrogens (tertiary/aromatic N) is 1. The SMILES string of the molecule is CC(CS(C)(=O)=O)Nc1cccc(N)n1. The van der Waals surface area contributed by atoms with Gasteiger partial charge in [-0.25, -0.2) is 13.4 Å². The molecule has 3 N–H and O–H groups in total. The first-order valence-electron chi connectivity index (χ1n) is 4.53. The molecule has 0 spiro atoms. The molecule has 0 saturated heterocycles. The largest absolute Gasteiger partial charge is 0.384 e. The van der Waals surface area contributed by atoms with Gasteiger partial charge in [-0.15, -0.1) is 0 Å². The van der Waals surface area contributed by atoms with Crippen molar-refractivity contribution < 1.29 is 8.42 Å². The molecule has 1 heterocycles. The summed E-state index contributed by atoms with van der Waals surface area (Å²) < 4.78 is 22.0. The van der Waals surface area contributed by atoms with Crippen LogP contribution in [-0.4, -0.2) is 31.5 Å². The van der Waals surface area contributed by atoms with E-state index >= 15 is 0 Å². The highest BCUT2D eigenvalue weighted by Crippen LogP contribution is 2.07. The van der Waals surface area contributed by atoms with Gasteiger partial charge in [0.1, 0.15) is 21.5 Å². The van der Waals surface area contributed by atoms with Gasteiger partial charge in [0.15, 0.2) is 0 Å². The first kappa shape index (κ1) is 11.8. The van der Waals surface area contributed by atoms with Gasteiger partial charge in [0.05, 0.1) is 5.75 Å². The smallest absolute Gasteiger partial charge is 0.149 e. The van der Waals surface area contributed by atoms with Gasteiger partial charge < -0.3 is 11.1 Å². The molecular weight excluding hydrogens is 214 g/mol. The van der Waals surface area contributed by atoms with E-state index < -0.39 is 9.84 Å². The Bertz CT molecular complexity index is 431. The van der Waals surface area contributed by atoms with Crippen molar-refractivity contribution >= 4 is 21.5 Å². The highest BCUT2D eigenvalue weighted by Gasteiger charge is 2.10. The zero-order valence-electron chi connectivity index (χ0n) is 8.77. The van der Waals surface area contributed by atoms with Crippen molar-refractivity contribution in [2.24, 2.45) is 0 Å². The summed E-state index contributed by atoms with van der Waals surface area (Å²) in [7, 11) is -2.98. The van der Waals surface area contributed by atoms with Crippen LogP contribution in [0.4, 0.5) is 11.6 Å². The van der Waals surface area contributed by atoms with Crippen LogP contribution in [-0.2, 0) is 9.84 Å². The van der Waals surface area contributed by atoms with Gasteiger partial charge in [0.25, 0.3) is 0 Å². The fourth-order valence-corrected chi connectivity index (χ4v) is 2.27. The van der Waals surface area contributed by atoms with Gasteiger partial charge in [-0.05, 0) is 19.1 Å². The third-order valence-electron chi connectivity index (χ3n) is 1.72. The molecule has 0 saturated carbocycles. The van der Waals surface area contributed by atoms with Crippen molar-refractivity contribution in [2.75, 3.05) is 23.1 Å². The van der Waals surface area contributed by atoms with Crippen molar-refractivity contribution in [3.05, 3.63) is 18.2 Å². The minimum atomic E-state index is -2.98. The maximum absolute atomic E-state index is 11.0. The summed E-state index contributed by atoms with van der Waals surface area (Å²) in [6.45, 7) is 1.78. The average molecular weight is 229 g/mol. The molecule has 0 radical (unpaired) electrons. The van der Waals surface area contributed by atoms with Crippen LogP contribution in [0, 0.1) is 0 Å². The molecule has 5 nitrogen and oxygen atoms in total. The second-order valence-corrected chi connectivity index (χ2v) is 5.77. The highest BCUT2D eigenvalue weighted by molar-refractivity contribution is 7.90. The van der Waals surface area contributed by atoms with E-state index in [-0.39, 0.29) is 11.8 Å². The van der Waals surface area contributed by atoms with Crippen molar-refractivity contribution in [3.63, 3.8) is 0 Å². The molecule has 0 aliphatic carbocycles. The van der Waals surface area contributed by atoms with Gasteiger partial charge >= 0.3 is 0 Å². The maximum atomic E-state index is 11.0. The van der Waals surface area contributed by atoms with E-state index in [0.717, 1.165) is 0 Å². The normalized spacial score (nSPS) is 13.5. The minimum absolute atomic E-state index is 0.0729.